The molecule has 2 aliphatic rings. The lowest BCUT2D eigenvalue weighted by atomic mass is 9.95. The number of benzene rings is 1. The van der Waals surface area contributed by atoms with Crippen molar-refractivity contribution in [2.45, 2.75) is 70.9 Å². The van der Waals surface area contributed by atoms with Crippen LogP contribution in [0, 0.1) is 5.92 Å². The fourth-order valence-corrected chi connectivity index (χ4v) is 4.16. The van der Waals surface area contributed by atoms with Gasteiger partial charge in [0.25, 0.3) is 0 Å². The van der Waals surface area contributed by atoms with Gasteiger partial charge < -0.3 is 10.2 Å². The van der Waals surface area contributed by atoms with Crippen LogP contribution in [0.15, 0.2) is 24.3 Å². The Kier molecular flexibility index (Phi) is 5.94. The molecule has 2 N–H and O–H groups in total. The Hall–Kier alpha value is -1.35. The van der Waals surface area contributed by atoms with E-state index in [-0.39, 0.29) is 5.92 Å². The lowest BCUT2D eigenvalue weighted by Crippen LogP contribution is -3.11. The molecule has 0 unspecified atom stereocenters. The number of nitrogens with one attached hydrogen (secondary N) is 2. The van der Waals surface area contributed by atoms with E-state index >= 15 is 0 Å². The topological polar surface area (TPSA) is 33.5 Å². The van der Waals surface area contributed by atoms with Crippen LogP contribution in [-0.2, 0) is 11.3 Å². The molecule has 1 saturated carbocycles. The molecule has 0 bridgehead atoms. The number of likely N-dealkylation sites (tertiary alicyclic amines) is 1. The summed E-state index contributed by atoms with van der Waals surface area (Å²) in [6.07, 6.45) is 7.01. The van der Waals surface area contributed by atoms with Crippen molar-refractivity contribution >= 4 is 5.91 Å². The second kappa shape index (κ2) is 8.15. The summed E-state index contributed by atoms with van der Waals surface area (Å²) in [7, 11) is 0. The average Bonchev–Trinajstić information content (AvgIpc) is 3.09. The first kappa shape index (κ1) is 17.5. The molecular formula is C21H33N2O+. The third-order valence-corrected chi connectivity index (χ3v) is 5.87. The van der Waals surface area contributed by atoms with Crippen LogP contribution in [0.1, 0.15) is 69.4 Å². The van der Waals surface area contributed by atoms with E-state index in [4.69, 9.17) is 0 Å². The average molecular weight is 330 g/mol. The highest BCUT2D eigenvalue weighted by atomic mass is 16.1. The molecule has 1 saturated heterocycles. The highest BCUT2D eigenvalue weighted by Crippen LogP contribution is 2.19. The van der Waals surface area contributed by atoms with Crippen molar-refractivity contribution in [3.63, 3.8) is 0 Å². The Labute approximate surface area is 146 Å². The summed E-state index contributed by atoms with van der Waals surface area (Å²) in [5.74, 6) is 1.17. The van der Waals surface area contributed by atoms with Gasteiger partial charge in [0.05, 0.1) is 13.1 Å². The minimum Gasteiger partial charge on any atom is -0.353 e. The van der Waals surface area contributed by atoms with Gasteiger partial charge in [0.1, 0.15) is 6.54 Å². The number of carbonyl (C=O) groups is 1. The third-order valence-electron chi connectivity index (χ3n) is 5.87. The zero-order chi connectivity index (χ0) is 16.9. The maximum atomic E-state index is 12.4. The minimum atomic E-state index is 0.248. The predicted octanol–water partition coefficient (Wildman–Crippen LogP) is 2.66. The molecule has 24 heavy (non-hydrogen) atoms. The predicted molar refractivity (Wildman–Crippen MR) is 98.1 cm³/mol. The summed E-state index contributed by atoms with van der Waals surface area (Å²) in [5.41, 5.74) is 2.83. The van der Waals surface area contributed by atoms with Crippen molar-refractivity contribution in [3.8, 4) is 0 Å². The van der Waals surface area contributed by atoms with Gasteiger partial charge in [0.2, 0.25) is 5.91 Å². The Morgan fingerprint density at radius 1 is 1.08 bits per heavy atom. The van der Waals surface area contributed by atoms with Crippen molar-refractivity contribution < 1.29 is 9.69 Å². The van der Waals surface area contributed by atoms with E-state index in [0.717, 1.165) is 32.5 Å². The summed E-state index contributed by atoms with van der Waals surface area (Å²) < 4.78 is 0. The quantitative estimate of drug-likeness (QED) is 0.855. The molecule has 1 heterocycles. The standard InChI is InChI=1S/C21H32N2O/c1-16(2)18-9-7-17(8-10-18)15-23-13-11-19(12-14-23)21(24)22-20-5-3-4-6-20/h7-10,16,19-20H,3-6,11-15H2,1-2H3,(H,22,24)/p+1. The van der Waals surface area contributed by atoms with Crippen LogP contribution < -0.4 is 10.2 Å². The van der Waals surface area contributed by atoms with E-state index < -0.39 is 0 Å². The molecule has 0 atom stereocenters. The lowest BCUT2D eigenvalue weighted by molar-refractivity contribution is -0.919. The number of amides is 1. The molecule has 1 aromatic carbocycles. The van der Waals surface area contributed by atoms with Gasteiger partial charge in [-0.15, -0.1) is 0 Å². The van der Waals surface area contributed by atoms with Gasteiger partial charge in [0, 0.05) is 30.4 Å². The number of quaternary nitrogens is 1. The molecule has 0 aromatic heterocycles. The van der Waals surface area contributed by atoms with Gasteiger partial charge in [0.15, 0.2) is 0 Å². The molecule has 1 aromatic rings. The van der Waals surface area contributed by atoms with E-state index in [0.29, 0.717) is 17.9 Å². The molecule has 1 amide bonds. The van der Waals surface area contributed by atoms with Gasteiger partial charge in [-0.3, -0.25) is 4.79 Å². The fourth-order valence-electron chi connectivity index (χ4n) is 4.16. The van der Waals surface area contributed by atoms with E-state index in [1.807, 2.05) is 0 Å². The normalized spacial score (nSPS) is 25.1. The largest absolute Gasteiger partial charge is 0.353 e. The summed E-state index contributed by atoms with van der Waals surface area (Å²) in [4.78, 5) is 14.0. The van der Waals surface area contributed by atoms with Crippen LogP contribution in [-0.4, -0.2) is 25.0 Å². The molecular weight excluding hydrogens is 296 g/mol. The zero-order valence-electron chi connectivity index (χ0n) is 15.3. The van der Waals surface area contributed by atoms with Crippen LogP contribution in [0.4, 0.5) is 0 Å². The van der Waals surface area contributed by atoms with Gasteiger partial charge in [-0.1, -0.05) is 51.0 Å². The van der Waals surface area contributed by atoms with E-state index in [1.54, 1.807) is 4.90 Å². The first-order chi connectivity index (χ1) is 11.6. The Morgan fingerprint density at radius 2 is 1.71 bits per heavy atom. The first-order valence-electron chi connectivity index (χ1n) is 9.84. The SMILES string of the molecule is CC(C)c1ccc(C[NH+]2CCC(C(=O)NC3CCCC3)CC2)cc1. The van der Waals surface area contributed by atoms with Crippen LogP contribution in [0.2, 0.25) is 0 Å². The maximum Gasteiger partial charge on any atom is 0.223 e. The maximum absolute atomic E-state index is 12.4. The van der Waals surface area contributed by atoms with Gasteiger partial charge >= 0.3 is 0 Å². The molecule has 132 valence electrons. The van der Waals surface area contributed by atoms with Crippen LogP contribution in [0.3, 0.4) is 0 Å². The highest BCUT2D eigenvalue weighted by Gasteiger charge is 2.29. The smallest absolute Gasteiger partial charge is 0.223 e. The zero-order valence-corrected chi connectivity index (χ0v) is 15.3. The summed E-state index contributed by atoms with van der Waals surface area (Å²) in [6.45, 7) is 7.81. The van der Waals surface area contributed by atoms with Crippen molar-refractivity contribution in [1.82, 2.24) is 5.32 Å². The summed E-state index contributed by atoms with van der Waals surface area (Å²) >= 11 is 0. The Balaban J connectivity index is 1.43. The molecule has 3 rings (SSSR count). The van der Waals surface area contributed by atoms with Crippen LogP contribution >= 0.6 is 0 Å². The monoisotopic (exact) mass is 329 g/mol. The van der Waals surface area contributed by atoms with Crippen molar-refractivity contribution in [2.24, 2.45) is 5.92 Å². The molecule has 0 spiro atoms. The minimum absolute atomic E-state index is 0.248. The molecule has 0 radical (unpaired) electrons. The number of carbonyl (C=O) groups excluding carboxylic acids is 1. The Bertz CT molecular complexity index is 523. The lowest BCUT2D eigenvalue weighted by Gasteiger charge is -2.29. The number of piperidine rings is 1. The molecule has 1 aliphatic carbocycles. The van der Waals surface area contributed by atoms with Gasteiger partial charge in [-0.05, 0) is 24.3 Å². The fraction of sp³-hybridized carbons (Fsp3) is 0.667. The summed E-state index contributed by atoms with van der Waals surface area (Å²) in [5, 5.41) is 3.28. The second-order valence-electron chi connectivity index (χ2n) is 8.09. The molecule has 3 nitrogen and oxygen atoms in total. The number of hydrogen-bond acceptors (Lipinski definition) is 1. The van der Waals surface area contributed by atoms with Crippen molar-refractivity contribution in [3.05, 3.63) is 35.4 Å². The number of hydrogen-bond donors (Lipinski definition) is 2. The van der Waals surface area contributed by atoms with Gasteiger partial charge in [-0.2, -0.15) is 0 Å². The van der Waals surface area contributed by atoms with Crippen molar-refractivity contribution in [2.75, 3.05) is 13.1 Å². The molecule has 2 fully saturated rings. The van der Waals surface area contributed by atoms with Crippen LogP contribution in [0.25, 0.3) is 0 Å². The second-order valence-corrected chi connectivity index (χ2v) is 8.09. The first-order valence-corrected chi connectivity index (χ1v) is 9.84. The van der Waals surface area contributed by atoms with E-state index in [9.17, 15) is 4.79 Å². The number of rotatable bonds is 5. The van der Waals surface area contributed by atoms with E-state index in [2.05, 4.69) is 43.4 Å². The van der Waals surface area contributed by atoms with Crippen LogP contribution in [0.5, 0.6) is 0 Å². The Morgan fingerprint density at radius 3 is 2.29 bits per heavy atom. The van der Waals surface area contributed by atoms with Gasteiger partial charge in [-0.25, -0.2) is 0 Å². The molecule has 3 heteroatoms. The van der Waals surface area contributed by atoms with Crippen molar-refractivity contribution in [1.29, 1.82) is 0 Å². The highest BCUT2D eigenvalue weighted by molar-refractivity contribution is 5.79. The summed E-state index contributed by atoms with van der Waals surface area (Å²) in [6, 6.07) is 9.55. The van der Waals surface area contributed by atoms with E-state index in [1.165, 1.54) is 36.8 Å². The third kappa shape index (κ3) is 4.60. The molecule has 1 aliphatic heterocycles.